The van der Waals surface area contributed by atoms with Crippen molar-refractivity contribution in [3.8, 4) is 17.2 Å². The maximum Gasteiger partial charge on any atom is 0.259 e. The number of rotatable bonds is 7. The van der Waals surface area contributed by atoms with Crippen LogP contribution < -0.4 is 15.5 Å². The van der Waals surface area contributed by atoms with Gasteiger partial charge in [0.15, 0.2) is 0 Å². The minimum absolute atomic E-state index is 0.0856. The third-order valence-electron chi connectivity index (χ3n) is 3.38. The van der Waals surface area contributed by atoms with Gasteiger partial charge in [-0.2, -0.15) is 5.10 Å². The summed E-state index contributed by atoms with van der Waals surface area (Å²) in [6, 6.07) is 11.2. The lowest BCUT2D eigenvalue weighted by Gasteiger charge is -2.04. The van der Waals surface area contributed by atoms with E-state index in [0.717, 1.165) is 11.6 Å². The third-order valence-corrected chi connectivity index (χ3v) is 3.38. The summed E-state index contributed by atoms with van der Waals surface area (Å²) in [5.74, 6) is -0.619. The van der Waals surface area contributed by atoms with Gasteiger partial charge in [-0.1, -0.05) is 18.2 Å². The molecule has 0 atom stereocenters. The molecule has 2 aromatic carbocycles. The van der Waals surface area contributed by atoms with Crippen LogP contribution in [-0.2, 0) is 9.59 Å². The fourth-order valence-electron chi connectivity index (χ4n) is 2.05. The number of carbonyl (C=O) groups excluding carboxylic acids is 2. The van der Waals surface area contributed by atoms with E-state index in [0.29, 0.717) is 11.3 Å². The zero-order chi connectivity index (χ0) is 19.6. The molecule has 2 rings (SSSR count). The summed E-state index contributed by atoms with van der Waals surface area (Å²) in [4.78, 5) is 23.4. The van der Waals surface area contributed by atoms with E-state index in [-0.39, 0.29) is 18.0 Å². The van der Waals surface area contributed by atoms with Gasteiger partial charge < -0.3 is 20.3 Å². The lowest BCUT2D eigenvalue weighted by Crippen LogP contribution is -2.34. The number of nitrogens with one attached hydrogen (secondary N) is 2. The smallest absolute Gasteiger partial charge is 0.259 e. The standard InChI is InChI=1S/C19H19N3O5/c1-27-17-5-3-2-4-13(17)7-9-18(25)20-12-19(26)22-21-11-14-6-8-15(23)10-16(14)24/h2-11,23-24H,12H2,1H3,(H,20,25)(H,22,26)/b9-7-,21-11?. The molecule has 0 aromatic heterocycles. The van der Waals surface area contributed by atoms with Gasteiger partial charge in [-0.25, -0.2) is 5.43 Å². The number of phenols is 2. The third kappa shape index (κ3) is 6.20. The summed E-state index contributed by atoms with van der Waals surface area (Å²) in [5.41, 5.74) is 3.27. The average Bonchev–Trinajstić information content (AvgIpc) is 2.66. The number of methoxy groups -OCH3 is 1. The van der Waals surface area contributed by atoms with Crippen molar-refractivity contribution < 1.29 is 24.5 Å². The van der Waals surface area contributed by atoms with Crippen LogP contribution in [0.3, 0.4) is 0 Å². The van der Waals surface area contributed by atoms with E-state index in [9.17, 15) is 19.8 Å². The molecule has 8 heteroatoms. The maximum absolute atomic E-state index is 11.8. The van der Waals surface area contributed by atoms with Crippen LogP contribution in [0.15, 0.2) is 53.6 Å². The summed E-state index contributed by atoms with van der Waals surface area (Å²) in [5, 5.41) is 24.9. The molecule has 0 aliphatic rings. The second-order valence-corrected chi connectivity index (χ2v) is 5.33. The molecule has 0 aliphatic carbocycles. The monoisotopic (exact) mass is 369 g/mol. The molecule has 0 aliphatic heterocycles. The maximum atomic E-state index is 11.8. The van der Waals surface area contributed by atoms with E-state index in [1.165, 1.54) is 31.5 Å². The van der Waals surface area contributed by atoms with Gasteiger partial charge >= 0.3 is 0 Å². The predicted octanol–water partition coefficient (Wildman–Crippen LogP) is 1.39. The molecule has 140 valence electrons. The van der Waals surface area contributed by atoms with Crippen LogP contribution in [0.4, 0.5) is 0 Å². The topological polar surface area (TPSA) is 120 Å². The summed E-state index contributed by atoms with van der Waals surface area (Å²) in [7, 11) is 1.54. The minimum Gasteiger partial charge on any atom is -0.508 e. The van der Waals surface area contributed by atoms with Gasteiger partial charge in [0, 0.05) is 23.3 Å². The molecule has 0 spiro atoms. The lowest BCUT2D eigenvalue weighted by molar-refractivity contribution is -0.123. The first kappa shape index (κ1) is 19.5. The summed E-state index contributed by atoms with van der Waals surface area (Å²) in [6.45, 7) is -0.270. The number of hydrazone groups is 1. The van der Waals surface area contributed by atoms with E-state index in [2.05, 4.69) is 15.8 Å². The van der Waals surface area contributed by atoms with Crippen LogP contribution >= 0.6 is 0 Å². The summed E-state index contributed by atoms with van der Waals surface area (Å²) < 4.78 is 5.18. The van der Waals surface area contributed by atoms with Crippen LogP contribution in [0, 0.1) is 0 Å². The van der Waals surface area contributed by atoms with Crippen molar-refractivity contribution in [2.75, 3.05) is 13.7 Å². The number of para-hydroxylation sites is 1. The fraction of sp³-hybridized carbons (Fsp3) is 0.105. The highest BCUT2D eigenvalue weighted by Gasteiger charge is 2.04. The highest BCUT2D eigenvalue weighted by Crippen LogP contribution is 2.20. The Labute approximate surface area is 155 Å². The number of amides is 2. The Bertz CT molecular complexity index is 877. The van der Waals surface area contributed by atoms with Crippen LogP contribution in [0.2, 0.25) is 0 Å². The molecule has 0 unspecified atom stereocenters. The fourth-order valence-corrected chi connectivity index (χ4v) is 2.05. The van der Waals surface area contributed by atoms with Gasteiger partial charge in [0.2, 0.25) is 5.91 Å². The van der Waals surface area contributed by atoms with E-state index in [1.54, 1.807) is 18.2 Å². The Balaban J connectivity index is 1.80. The number of phenolic OH excluding ortho intramolecular Hbond substituents is 2. The summed E-state index contributed by atoms with van der Waals surface area (Å²) >= 11 is 0. The first-order valence-electron chi connectivity index (χ1n) is 7.92. The number of benzene rings is 2. The van der Waals surface area contributed by atoms with E-state index in [1.807, 2.05) is 12.1 Å². The van der Waals surface area contributed by atoms with Crippen molar-refractivity contribution in [2.45, 2.75) is 0 Å². The molecular formula is C19H19N3O5. The quantitative estimate of drug-likeness (QED) is 0.334. The number of hydrogen-bond acceptors (Lipinski definition) is 6. The first-order valence-corrected chi connectivity index (χ1v) is 7.92. The highest BCUT2D eigenvalue weighted by molar-refractivity contribution is 5.94. The number of ether oxygens (including phenoxy) is 1. The van der Waals surface area contributed by atoms with Gasteiger partial charge in [0.1, 0.15) is 17.2 Å². The van der Waals surface area contributed by atoms with E-state index < -0.39 is 11.8 Å². The molecular weight excluding hydrogens is 350 g/mol. The zero-order valence-corrected chi connectivity index (χ0v) is 14.5. The van der Waals surface area contributed by atoms with Crippen molar-refractivity contribution in [1.29, 1.82) is 0 Å². The molecule has 2 aromatic rings. The number of nitrogens with zero attached hydrogens (tertiary/aromatic N) is 1. The van der Waals surface area contributed by atoms with Gasteiger partial charge in [-0.15, -0.1) is 0 Å². The number of carbonyl (C=O) groups is 2. The number of hydrogen-bond donors (Lipinski definition) is 4. The normalized spacial score (nSPS) is 10.9. The van der Waals surface area contributed by atoms with Crippen molar-refractivity contribution in [3.63, 3.8) is 0 Å². The molecule has 8 nitrogen and oxygen atoms in total. The molecule has 0 radical (unpaired) electrons. The molecule has 0 saturated heterocycles. The van der Waals surface area contributed by atoms with Gasteiger partial charge in [0.05, 0.1) is 19.9 Å². The molecule has 0 heterocycles. The zero-order valence-electron chi connectivity index (χ0n) is 14.5. The largest absolute Gasteiger partial charge is 0.508 e. The Morgan fingerprint density at radius 3 is 2.67 bits per heavy atom. The second-order valence-electron chi connectivity index (χ2n) is 5.33. The van der Waals surface area contributed by atoms with Gasteiger partial charge in [-0.05, 0) is 24.3 Å². The lowest BCUT2D eigenvalue weighted by atomic mass is 10.2. The van der Waals surface area contributed by atoms with Crippen LogP contribution in [-0.4, -0.2) is 41.9 Å². The van der Waals surface area contributed by atoms with E-state index in [4.69, 9.17) is 4.74 Å². The minimum atomic E-state index is -0.538. The van der Waals surface area contributed by atoms with Crippen LogP contribution in [0.1, 0.15) is 11.1 Å². The van der Waals surface area contributed by atoms with Gasteiger partial charge in [-0.3, -0.25) is 9.59 Å². The Morgan fingerprint density at radius 1 is 1.15 bits per heavy atom. The van der Waals surface area contributed by atoms with Crippen LogP contribution in [0.5, 0.6) is 17.2 Å². The van der Waals surface area contributed by atoms with Crippen LogP contribution in [0.25, 0.3) is 6.08 Å². The SMILES string of the molecule is COc1ccccc1/C=C\C(=O)NCC(=O)NN=Cc1ccc(O)cc1O. The molecule has 0 bridgehead atoms. The highest BCUT2D eigenvalue weighted by atomic mass is 16.5. The Hall–Kier alpha value is -3.81. The molecule has 4 N–H and O–H groups in total. The van der Waals surface area contributed by atoms with Crippen molar-refractivity contribution >= 4 is 24.1 Å². The van der Waals surface area contributed by atoms with Crippen molar-refractivity contribution in [1.82, 2.24) is 10.7 Å². The van der Waals surface area contributed by atoms with E-state index >= 15 is 0 Å². The first-order chi connectivity index (χ1) is 13.0. The molecule has 27 heavy (non-hydrogen) atoms. The van der Waals surface area contributed by atoms with Crippen molar-refractivity contribution in [3.05, 3.63) is 59.7 Å². The molecule has 0 fully saturated rings. The number of aromatic hydroxyl groups is 2. The average molecular weight is 369 g/mol. The predicted molar refractivity (Wildman–Crippen MR) is 101 cm³/mol. The Kier molecular flexibility index (Phi) is 6.95. The molecule has 2 amide bonds. The second kappa shape index (κ2) is 9.62. The Morgan fingerprint density at radius 2 is 1.93 bits per heavy atom. The molecule has 0 saturated carbocycles. The van der Waals surface area contributed by atoms with Crippen molar-refractivity contribution in [2.24, 2.45) is 5.10 Å². The summed E-state index contributed by atoms with van der Waals surface area (Å²) in [6.07, 6.45) is 4.09. The van der Waals surface area contributed by atoms with Gasteiger partial charge in [0.25, 0.3) is 5.91 Å².